The van der Waals surface area contributed by atoms with Gasteiger partial charge < -0.3 is 10.0 Å². The molecule has 2 aliphatic rings. The maximum Gasteiger partial charge on any atom is 0.308 e. The summed E-state index contributed by atoms with van der Waals surface area (Å²) in [5, 5.41) is 13.2. The van der Waals surface area contributed by atoms with Gasteiger partial charge in [-0.25, -0.2) is 0 Å². The van der Waals surface area contributed by atoms with Gasteiger partial charge >= 0.3 is 5.97 Å². The third kappa shape index (κ3) is 2.34. The molecule has 1 N–H and O–H groups in total. The lowest BCUT2D eigenvalue weighted by Gasteiger charge is -2.24. The monoisotopic (exact) mass is 263 g/mol. The SMILES string of the molecule is O=C(O)[C@@H]1CC(=O)N(c2cnn(CC3CCC3)c2)C1. The van der Waals surface area contributed by atoms with Gasteiger partial charge in [-0.1, -0.05) is 6.42 Å². The second-order valence-corrected chi connectivity index (χ2v) is 5.46. The number of carboxylic acids is 1. The molecule has 2 fully saturated rings. The van der Waals surface area contributed by atoms with Gasteiger partial charge in [-0.15, -0.1) is 0 Å². The molecule has 6 nitrogen and oxygen atoms in total. The Morgan fingerprint density at radius 2 is 2.26 bits per heavy atom. The number of aliphatic carboxylic acids is 1. The van der Waals surface area contributed by atoms with Crippen molar-refractivity contribution in [2.24, 2.45) is 11.8 Å². The number of rotatable bonds is 4. The van der Waals surface area contributed by atoms with Crippen LogP contribution in [0.2, 0.25) is 0 Å². The lowest BCUT2D eigenvalue weighted by atomic mass is 9.85. The normalized spacial score (nSPS) is 23.7. The van der Waals surface area contributed by atoms with Crippen molar-refractivity contribution in [1.82, 2.24) is 9.78 Å². The van der Waals surface area contributed by atoms with Crippen molar-refractivity contribution in [1.29, 1.82) is 0 Å². The van der Waals surface area contributed by atoms with Gasteiger partial charge in [0.15, 0.2) is 0 Å². The third-order valence-electron chi connectivity index (χ3n) is 4.08. The zero-order chi connectivity index (χ0) is 13.4. The second-order valence-electron chi connectivity index (χ2n) is 5.46. The number of hydrogen-bond acceptors (Lipinski definition) is 3. The summed E-state index contributed by atoms with van der Waals surface area (Å²) >= 11 is 0. The fourth-order valence-electron chi connectivity index (χ4n) is 2.65. The minimum Gasteiger partial charge on any atom is -0.481 e. The molecule has 1 saturated heterocycles. The Morgan fingerprint density at radius 1 is 1.47 bits per heavy atom. The van der Waals surface area contributed by atoms with E-state index in [1.54, 1.807) is 6.20 Å². The standard InChI is InChI=1S/C13H17N3O3/c17-12-4-10(13(18)19)7-16(12)11-5-14-15(8-11)6-9-2-1-3-9/h5,8-10H,1-4,6-7H2,(H,18,19)/t10-/m1/s1. The van der Waals surface area contributed by atoms with Crippen LogP contribution in [0.15, 0.2) is 12.4 Å². The topological polar surface area (TPSA) is 75.4 Å². The molecule has 0 aromatic carbocycles. The summed E-state index contributed by atoms with van der Waals surface area (Å²) in [7, 11) is 0. The molecule has 0 spiro atoms. The van der Waals surface area contributed by atoms with Gasteiger partial charge in [-0.3, -0.25) is 14.3 Å². The molecule has 2 heterocycles. The average Bonchev–Trinajstić information content (AvgIpc) is 2.89. The minimum atomic E-state index is -0.905. The fraction of sp³-hybridized carbons (Fsp3) is 0.615. The quantitative estimate of drug-likeness (QED) is 0.883. The first-order valence-corrected chi connectivity index (χ1v) is 6.69. The Kier molecular flexibility index (Phi) is 3.00. The first-order chi connectivity index (χ1) is 9.13. The first-order valence-electron chi connectivity index (χ1n) is 6.69. The molecule has 1 aliphatic heterocycles. The van der Waals surface area contributed by atoms with Crippen molar-refractivity contribution in [3.05, 3.63) is 12.4 Å². The van der Waals surface area contributed by atoms with Crippen LogP contribution < -0.4 is 4.90 Å². The van der Waals surface area contributed by atoms with Crippen molar-refractivity contribution < 1.29 is 14.7 Å². The Balaban J connectivity index is 1.68. The van der Waals surface area contributed by atoms with Crippen LogP contribution in [-0.4, -0.2) is 33.3 Å². The molecule has 1 aromatic rings. The van der Waals surface area contributed by atoms with Crippen LogP contribution in [0.4, 0.5) is 5.69 Å². The highest BCUT2D eigenvalue weighted by atomic mass is 16.4. The summed E-state index contributed by atoms with van der Waals surface area (Å²) in [6, 6.07) is 0. The molecule has 1 saturated carbocycles. The number of aromatic nitrogens is 2. The Hall–Kier alpha value is -1.85. The third-order valence-corrected chi connectivity index (χ3v) is 4.08. The van der Waals surface area contributed by atoms with E-state index < -0.39 is 11.9 Å². The van der Waals surface area contributed by atoms with Gasteiger partial charge in [-0.2, -0.15) is 5.10 Å². The lowest BCUT2D eigenvalue weighted by Crippen LogP contribution is -2.25. The van der Waals surface area contributed by atoms with Gasteiger partial charge in [-0.05, 0) is 18.8 Å². The van der Waals surface area contributed by atoms with Crippen LogP contribution >= 0.6 is 0 Å². The highest BCUT2D eigenvalue weighted by Gasteiger charge is 2.35. The largest absolute Gasteiger partial charge is 0.481 e. The highest BCUT2D eigenvalue weighted by Crippen LogP contribution is 2.29. The summed E-state index contributed by atoms with van der Waals surface area (Å²) in [6.07, 6.45) is 7.38. The molecular weight excluding hydrogens is 246 g/mol. The van der Waals surface area contributed by atoms with Gasteiger partial charge in [0.2, 0.25) is 5.91 Å². The van der Waals surface area contributed by atoms with E-state index in [-0.39, 0.29) is 18.9 Å². The van der Waals surface area contributed by atoms with Crippen molar-refractivity contribution in [2.75, 3.05) is 11.4 Å². The zero-order valence-corrected chi connectivity index (χ0v) is 10.7. The molecule has 102 valence electrons. The fourth-order valence-corrected chi connectivity index (χ4v) is 2.65. The summed E-state index contributed by atoms with van der Waals surface area (Å²) < 4.78 is 1.86. The number of carbonyl (C=O) groups excluding carboxylic acids is 1. The van der Waals surface area contributed by atoms with Gasteiger partial charge in [0, 0.05) is 25.7 Å². The Bertz CT molecular complexity index is 507. The molecular formula is C13H17N3O3. The number of nitrogens with zero attached hydrogens (tertiary/aromatic N) is 3. The summed E-state index contributed by atoms with van der Waals surface area (Å²) in [4.78, 5) is 24.3. The van der Waals surface area contributed by atoms with Crippen molar-refractivity contribution in [3.63, 3.8) is 0 Å². The molecule has 0 unspecified atom stereocenters. The molecule has 3 rings (SSSR count). The summed E-state index contributed by atoms with van der Waals surface area (Å²) in [5.41, 5.74) is 0.716. The van der Waals surface area contributed by atoms with E-state index in [4.69, 9.17) is 5.11 Å². The van der Waals surface area contributed by atoms with Crippen LogP contribution in [0, 0.1) is 11.8 Å². The average molecular weight is 263 g/mol. The van der Waals surface area contributed by atoms with Crippen LogP contribution in [-0.2, 0) is 16.1 Å². The van der Waals surface area contributed by atoms with Gasteiger partial charge in [0.05, 0.1) is 17.8 Å². The molecule has 0 bridgehead atoms. The van der Waals surface area contributed by atoms with Crippen LogP contribution in [0.25, 0.3) is 0 Å². The Morgan fingerprint density at radius 3 is 2.84 bits per heavy atom. The highest BCUT2D eigenvalue weighted by molar-refractivity contribution is 5.98. The molecule has 0 radical (unpaired) electrons. The zero-order valence-electron chi connectivity index (χ0n) is 10.7. The molecule has 6 heteroatoms. The molecule has 1 amide bonds. The first kappa shape index (κ1) is 12.2. The van der Waals surface area contributed by atoms with E-state index in [1.807, 2.05) is 10.9 Å². The van der Waals surface area contributed by atoms with Crippen LogP contribution in [0.5, 0.6) is 0 Å². The van der Waals surface area contributed by atoms with E-state index in [0.29, 0.717) is 11.6 Å². The van der Waals surface area contributed by atoms with Crippen molar-refractivity contribution in [2.45, 2.75) is 32.2 Å². The van der Waals surface area contributed by atoms with E-state index in [0.717, 1.165) is 6.54 Å². The smallest absolute Gasteiger partial charge is 0.308 e. The summed E-state index contributed by atoms with van der Waals surface area (Å²) in [6.45, 7) is 1.15. The molecule has 1 atom stereocenters. The molecule has 1 aromatic heterocycles. The maximum absolute atomic E-state index is 11.8. The van der Waals surface area contributed by atoms with E-state index in [9.17, 15) is 9.59 Å². The maximum atomic E-state index is 11.8. The van der Waals surface area contributed by atoms with Gasteiger partial charge in [0.25, 0.3) is 0 Å². The molecule has 19 heavy (non-hydrogen) atoms. The Labute approximate surface area is 111 Å². The number of carbonyl (C=O) groups is 2. The number of carboxylic acid groups (broad SMARTS) is 1. The lowest BCUT2D eigenvalue weighted by molar-refractivity contribution is -0.141. The number of hydrogen-bond donors (Lipinski definition) is 1. The predicted octanol–water partition coefficient (Wildman–Crippen LogP) is 1.12. The van der Waals surface area contributed by atoms with E-state index >= 15 is 0 Å². The van der Waals surface area contributed by atoms with Crippen LogP contribution in [0.3, 0.4) is 0 Å². The van der Waals surface area contributed by atoms with Crippen LogP contribution in [0.1, 0.15) is 25.7 Å². The second kappa shape index (κ2) is 4.68. The number of amides is 1. The van der Waals surface area contributed by atoms with Gasteiger partial charge in [0.1, 0.15) is 0 Å². The van der Waals surface area contributed by atoms with E-state index in [1.165, 1.54) is 24.2 Å². The summed E-state index contributed by atoms with van der Waals surface area (Å²) in [5.74, 6) is -0.926. The van der Waals surface area contributed by atoms with Crippen molar-refractivity contribution in [3.8, 4) is 0 Å². The predicted molar refractivity (Wildman–Crippen MR) is 67.7 cm³/mol. The molecule has 1 aliphatic carbocycles. The van der Waals surface area contributed by atoms with Crippen molar-refractivity contribution >= 4 is 17.6 Å². The minimum absolute atomic E-state index is 0.0864. The van der Waals surface area contributed by atoms with E-state index in [2.05, 4.69) is 5.10 Å². The number of anilines is 1.